The third-order valence-electron chi connectivity index (χ3n) is 6.61. The first-order valence-electron chi connectivity index (χ1n) is 12.8. The van der Waals surface area contributed by atoms with Crippen molar-refractivity contribution in [3.63, 3.8) is 0 Å². The van der Waals surface area contributed by atoms with Gasteiger partial charge < -0.3 is 14.9 Å². The summed E-state index contributed by atoms with van der Waals surface area (Å²) in [5, 5.41) is 23.4. The number of halogens is 1. The van der Waals surface area contributed by atoms with Gasteiger partial charge in [0, 0.05) is 23.2 Å². The van der Waals surface area contributed by atoms with Crippen molar-refractivity contribution < 1.29 is 19.6 Å². The van der Waals surface area contributed by atoms with Crippen LogP contribution in [0.5, 0.6) is 0 Å². The monoisotopic (exact) mass is 527 g/mol. The van der Waals surface area contributed by atoms with E-state index in [2.05, 4.69) is 18.7 Å². The Morgan fingerprint density at radius 3 is 2.19 bits per heavy atom. The van der Waals surface area contributed by atoms with E-state index in [0.29, 0.717) is 17.0 Å². The molecule has 0 spiro atoms. The van der Waals surface area contributed by atoms with Crippen LogP contribution in [0.25, 0.3) is 5.76 Å². The molecule has 1 aliphatic rings. The summed E-state index contributed by atoms with van der Waals surface area (Å²) in [5.74, 6) is -2.01. The number of likely N-dealkylation sites (tertiary alicyclic amines) is 1. The fraction of sp³-hybridized carbons (Fsp3) is 0.429. The maximum Gasteiger partial charge on any atom is 0.295 e. The van der Waals surface area contributed by atoms with Crippen LogP contribution < -0.4 is 0 Å². The predicted octanol–water partition coefficient (Wildman–Crippen LogP) is 5.96. The van der Waals surface area contributed by atoms with Crippen molar-refractivity contribution in [2.75, 3.05) is 26.2 Å². The van der Waals surface area contributed by atoms with E-state index in [-0.39, 0.29) is 29.1 Å². The summed E-state index contributed by atoms with van der Waals surface area (Å²) >= 11 is 5.97. The summed E-state index contributed by atoms with van der Waals surface area (Å²) in [5.41, 5.74) is 0.122. The molecule has 37 heavy (non-hydrogen) atoms. The first-order chi connectivity index (χ1) is 17.8. The molecule has 9 heteroatoms. The second kappa shape index (κ2) is 13.4. The lowest BCUT2D eigenvalue weighted by atomic mass is 9.94. The van der Waals surface area contributed by atoms with Crippen LogP contribution in [0.2, 0.25) is 5.02 Å². The molecule has 8 nitrogen and oxygen atoms in total. The minimum atomic E-state index is -1.07. The second-order valence-corrected chi connectivity index (χ2v) is 9.65. The summed E-state index contributed by atoms with van der Waals surface area (Å²) in [6, 6.07) is 11.2. The molecule has 198 valence electrons. The molecule has 1 saturated heterocycles. The lowest BCUT2D eigenvalue weighted by Crippen LogP contribution is -2.34. The number of nitro groups is 1. The lowest BCUT2D eigenvalue weighted by Gasteiger charge is -2.27. The Morgan fingerprint density at radius 2 is 1.59 bits per heavy atom. The molecule has 1 amide bonds. The van der Waals surface area contributed by atoms with Gasteiger partial charge in [0.2, 0.25) is 0 Å². The second-order valence-electron chi connectivity index (χ2n) is 9.22. The number of aliphatic hydroxyl groups is 1. The van der Waals surface area contributed by atoms with Crippen LogP contribution >= 0.6 is 11.6 Å². The van der Waals surface area contributed by atoms with Gasteiger partial charge in [-0.2, -0.15) is 0 Å². The Morgan fingerprint density at radius 1 is 1.00 bits per heavy atom. The van der Waals surface area contributed by atoms with Crippen LogP contribution in [0.15, 0.2) is 54.1 Å². The third kappa shape index (κ3) is 6.76. The number of benzene rings is 2. The van der Waals surface area contributed by atoms with Crippen LogP contribution in [-0.2, 0) is 9.59 Å². The van der Waals surface area contributed by atoms with E-state index in [0.717, 1.165) is 45.3 Å². The zero-order valence-corrected chi connectivity index (χ0v) is 22.1. The molecule has 1 heterocycles. The first-order valence-corrected chi connectivity index (χ1v) is 13.2. The zero-order valence-electron chi connectivity index (χ0n) is 21.4. The van der Waals surface area contributed by atoms with Gasteiger partial charge in [-0.15, -0.1) is 0 Å². The van der Waals surface area contributed by atoms with Crippen LogP contribution in [0, 0.1) is 10.1 Å². The Kier molecular flexibility index (Phi) is 10.2. The van der Waals surface area contributed by atoms with Gasteiger partial charge >= 0.3 is 0 Å². The van der Waals surface area contributed by atoms with Gasteiger partial charge in [0.05, 0.1) is 22.1 Å². The normalized spacial score (nSPS) is 17.1. The fourth-order valence-electron chi connectivity index (χ4n) is 4.65. The van der Waals surface area contributed by atoms with Crippen molar-refractivity contribution >= 4 is 34.7 Å². The Labute approximate surface area is 222 Å². The molecule has 2 aromatic carbocycles. The van der Waals surface area contributed by atoms with Gasteiger partial charge in [-0.3, -0.25) is 19.7 Å². The van der Waals surface area contributed by atoms with Crippen LogP contribution in [0.1, 0.15) is 63.1 Å². The largest absolute Gasteiger partial charge is 0.507 e. The average molecular weight is 528 g/mol. The minimum Gasteiger partial charge on any atom is -0.507 e. The number of carbonyl (C=O) groups excluding carboxylic acids is 2. The highest BCUT2D eigenvalue weighted by Gasteiger charge is 2.47. The van der Waals surface area contributed by atoms with Crippen molar-refractivity contribution in [1.29, 1.82) is 0 Å². The number of hydrogen-bond acceptors (Lipinski definition) is 6. The smallest absolute Gasteiger partial charge is 0.295 e. The number of unbranched alkanes of at least 4 members (excludes halogenated alkanes) is 2. The maximum absolute atomic E-state index is 13.2. The van der Waals surface area contributed by atoms with Crippen molar-refractivity contribution in [2.45, 2.75) is 52.0 Å². The van der Waals surface area contributed by atoms with Crippen LogP contribution in [0.4, 0.5) is 5.69 Å². The van der Waals surface area contributed by atoms with Gasteiger partial charge in [-0.05, 0) is 69.2 Å². The fourth-order valence-corrected chi connectivity index (χ4v) is 4.77. The number of rotatable bonds is 13. The summed E-state index contributed by atoms with van der Waals surface area (Å²) in [6.45, 7) is 7.17. The van der Waals surface area contributed by atoms with Gasteiger partial charge in [0.1, 0.15) is 5.76 Å². The Balaban J connectivity index is 1.99. The van der Waals surface area contributed by atoms with E-state index in [4.69, 9.17) is 11.6 Å². The van der Waals surface area contributed by atoms with E-state index in [1.807, 2.05) is 0 Å². The highest BCUT2D eigenvalue weighted by molar-refractivity contribution is 6.46. The van der Waals surface area contributed by atoms with Gasteiger partial charge in [-0.25, -0.2) is 0 Å². The number of nitro benzene ring substituents is 1. The van der Waals surface area contributed by atoms with Crippen LogP contribution in [0.3, 0.4) is 0 Å². The quantitative estimate of drug-likeness (QED) is 0.113. The topological polar surface area (TPSA) is 104 Å². The van der Waals surface area contributed by atoms with Crippen molar-refractivity contribution in [2.24, 2.45) is 0 Å². The number of aliphatic hydroxyl groups excluding tert-OH is 1. The molecule has 1 fully saturated rings. The molecule has 0 aliphatic carbocycles. The molecule has 0 saturated carbocycles. The molecule has 1 atom stereocenters. The molecule has 0 radical (unpaired) electrons. The minimum absolute atomic E-state index is 0.157. The van der Waals surface area contributed by atoms with Gasteiger partial charge in [-0.1, -0.05) is 50.4 Å². The predicted molar refractivity (Wildman–Crippen MR) is 144 cm³/mol. The molecule has 1 aliphatic heterocycles. The third-order valence-corrected chi connectivity index (χ3v) is 6.87. The zero-order chi connectivity index (χ0) is 26.9. The highest BCUT2D eigenvalue weighted by Crippen LogP contribution is 2.42. The maximum atomic E-state index is 13.2. The number of para-hydroxylation sites is 1. The van der Waals surface area contributed by atoms with Crippen molar-refractivity contribution in [3.8, 4) is 0 Å². The van der Waals surface area contributed by atoms with Crippen molar-refractivity contribution in [3.05, 3.63) is 80.4 Å². The Hall–Kier alpha value is -3.23. The number of carbonyl (C=O) groups is 2. The summed E-state index contributed by atoms with van der Waals surface area (Å²) in [4.78, 5) is 41.5. The average Bonchev–Trinajstić information content (AvgIpc) is 3.14. The molecule has 0 unspecified atom stereocenters. The SMILES string of the molecule is CCCCN(CCCC)CCCN1C(=O)C(=O)C(=C(O)c2ccc(Cl)cc2)[C@H]1c1ccccc1[N+](=O)[O-]. The van der Waals surface area contributed by atoms with E-state index < -0.39 is 22.7 Å². The van der Waals surface area contributed by atoms with Gasteiger partial charge in [0.25, 0.3) is 17.4 Å². The molecule has 0 aromatic heterocycles. The van der Waals surface area contributed by atoms with E-state index in [1.54, 1.807) is 30.3 Å². The standard InChI is InChI=1S/C28H34ClN3O5/c1-3-5-16-30(17-6-4-2)18-9-19-31-25(22-10-7-8-11-23(22)32(36)37)24(27(34)28(31)35)26(33)20-12-14-21(29)15-13-20/h7-8,10-15,25,33H,3-6,9,16-19H2,1-2H3/t25-/m1/s1. The Bertz CT molecular complexity index is 1140. The number of amides is 1. The molecule has 1 N–H and O–H groups in total. The summed E-state index contributed by atoms with van der Waals surface area (Å²) in [6.07, 6.45) is 4.91. The summed E-state index contributed by atoms with van der Waals surface area (Å²) in [7, 11) is 0. The van der Waals surface area contributed by atoms with Crippen LogP contribution in [-0.4, -0.2) is 57.7 Å². The lowest BCUT2D eigenvalue weighted by molar-refractivity contribution is -0.385. The number of hydrogen-bond donors (Lipinski definition) is 1. The van der Waals surface area contributed by atoms with Crippen molar-refractivity contribution in [1.82, 2.24) is 9.80 Å². The molecular formula is C28H34ClN3O5. The summed E-state index contributed by atoms with van der Waals surface area (Å²) < 4.78 is 0. The number of ketones is 1. The molecule has 0 bridgehead atoms. The number of nitrogens with zero attached hydrogens (tertiary/aromatic N) is 3. The molecular weight excluding hydrogens is 494 g/mol. The number of Topliss-reactive ketones (excluding diaryl/α,β-unsaturated/α-hetero) is 1. The van der Waals surface area contributed by atoms with E-state index in [1.165, 1.54) is 23.1 Å². The molecule has 2 aromatic rings. The van der Waals surface area contributed by atoms with E-state index in [9.17, 15) is 24.8 Å². The van der Waals surface area contributed by atoms with E-state index >= 15 is 0 Å². The first kappa shape index (κ1) is 28.3. The molecule has 3 rings (SSSR count). The van der Waals surface area contributed by atoms with Gasteiger partial charge in [0.15, 0.2) is 0 Å². The highest BCUT2D eigenvalue weighted by atomic mass is 35.5.